The van der Waals surface area contributed by atoms with E-state index < -0.39 is 187 Å². The van der Waals surface area contributed by atoms with Gasteiger partial charge in [-0.05, 0) is 80.3 Å². The normalized spacial score (nSPS) is 15.4. The van der Waals surface area contributed by atoms with Crippen LogP contribution in [0.3, 0.4) is 0 Å². The number of aliphatic hydroxyl groups excluding tert-OH is 1. The van der Waals surface area contributed by atoms with Gasteiger partial charge in [-0.1, -0.05) is 38.1 Å². The lowest BCUT2D eigenvalue weighted by molar-refractivity contribution is -0.143. The number of aromatic amines is 1. The Morgan fingerprint density at radius 1 is 0.614 bits per heavy atom. The van der Waals surface area contributed by atoms with Crippen molar-refractivity contribution in [2.75, 3.05) is 32.0 Å². The highest BCUT2D eigenvalue weighted by atomic mass is 32.1. The fraction of sp³-hybridized carbons (Fsp3) is 0.500. The second kappa shape index (κ2) is 40.7. The number of carbonyl (C=O) groups excluding carboxylic acids is 14. The molecule has 0 unspecified atom stereocenters. The van der Waals surface area contributed by atoms with E-state index in [1.54, 1.807) is 0 Å². The summed E-state index contributed by atoms with van der Waals surface area (Å²) >= 11 is 4.23. The fourth-order valence-corrected chi connectivity index (χ4v) is 10.5. The molecule has 0 aliphatic carbocycles. The number of phenols is 2. The van der Waals surface area contributed by atoms with Crippen LogP contribution in [0.25, 0.3) is 0 Å². The van der Waals surface area contributed by atoms with Crippen molar-refractivity contribution in [1.29, 1.82) is 5.41 Å². The second-order valence-electron chi connectivity index (χ2n) is 24.1. The van der Waals surface area contributed by atoms with Crippen molar-refractivity contribution >= 4 is 107 Å². The monoisotopic (exact) mass is 1440 g/mol. The van der Waals surface area contributed by atoms with E-state index in [0.717, 1.165) is 4.90 Å². The minimum Gasteiger partial charge on any atom is -0.508 e. The van der Waals surface area contributed by atoms with Crippen LogP contribution in [0.1, 0.15) is 89.5 Å². The molecule has 2 heterocycles. The van der Waals surface area contributed by atoms with Gasteiger partial charge in [0, 0.05) is 51.2 Å². The van der Waals surface area contributed by atoms with Crippen molar-refractivity contribution in [2.24, 2.45) is 23.1 Å². The van der Waals surface area contributed by atoms with Crippen molar-refractivity contribution in [3.8, 4) is 11.5 Å². The molecule has 1 saturated heterocycles. The molecule has 1 aliphatic rings. The summed E-state index contributed by atoms with van der Waals surface area (Å²) < 4.78 is 0. The van der Waals surface area contributed by atoms with Gasteiger partial charge in [-0.25, -0.2) is 4.98 Å². The van der Waals surface area contributed by atoms with Crippen LogP contribution in [-0.2, 0) is 91.2 Å². The van der Waals surface area contributed by atoms with Crippen molar-refractivity contribution in [3.05, 3.63) is 77.9 Å². The molecule has 3 aromatic rings. The molecule has 0 saturated carbocycles. The van der Waals surface area contributed by atoms with E-state index in [9.17, 15) is 92.3 Å². The first-order valence-electron chi connectivity index (χ1n) is 31.9. The van der Waals surface area contributed by atoms with E-state index >= 15 is 0 Å². The number of carboxylic acid groups (broad SMARTS) is 1. The van der Waals surface area contributed by atoms with E-state index in [2.05, 4.69) is 86.4 Å². The number of thiol groups is 1. The Labute approximate surface area is 584 Å². The summed E-state index contributed by atoms with van der Waals surface area (Å²) in [6, 6.07) is -5.53. The van der Waals surface area contributed by atoms with Gasteiger partial charge >= 0.3 is 5.97 Å². The number of likely N-dealkylation sites (tertiary alicyclic amines) is 1. The topological polar surface area (TPSA) is 615 Å². The molecule has 38 nitrogen and oxygen atoms in total. The molecule has 1 fully saturated rings. The number of H-pyrrole nitrogens is 1. The van der Waals surface area contributed by atoms with Gasteiger partial charge < -0.3 is 111 Å². The summed E-state index contributed by atoms with van der Waals surface area (Å²) in [5, 5.41) is 75.7. The summed E-state index contributed by atoms with van der Waals surface area (Å²) in [6.07, 6.45) is 0.186. The number of hydrogen-bond donors (Lipinski definition) is 22. The molecule has 0 bridgehead atoms. The third-order valence-corrected chi connectivity index (χ3v) is 15.7. The summed E-state index contributed by atoms with van der Waals surface area (Å²) in [5.74, 6) is -16.5. The minimum atomic E-state index is -1.98. The Morgan fingerprint density at radius 2 is 1.13 bits per heavy atom. The Hall–Kier alpha value is -11.1. The third-order valence-electron chi connectivity index (χ3n) is 15.4. The highest BCUT2D eigenvalue weighted by Gasteiger charge is 2.41. The lowest BCUT2D eigenvalue weighted by Crippen LogP contribution is -2.60. The van der Waals surface area contributed by atoms with Gasteiger partial charge in [0.2, 0.25) is 82.7 Å². The summed E-state index contributed by atoms with van der Waals surface area (Å²) in [5.41, 5.74) is 17.2. The van der Waals surface area contributed by atoms with Gasteiger partial charge in [0.15, 0.2) is 5.96 Å². The number of amides is 14. The molecule has 24 N–H and O–H groups in total. The molecule has 1 aromatic heterocycles. The molecule has 39 heteroatoms. The molecular weight excluding hydrogens is 1350 g/mol. The molecule has 0 radical (unpaired) electrons. The first-order valence-corrected chi connectivity index (χ1v) is 32.5. The predicted octanol–water partition coefficient (Wildman–Crippen LogP) is -7.09. The van der Waals surface area contributed by atoms with Crippen molar-refractivity contribution in [2.45, 2.75) is 158 Å². The number of imidazole rings is 1. The molecule has 552 valence electrons. The number of phenolic OH excluding ortho intramolecular Hbond substituents is 2. The first-order chi connectivity index (χ1) is 47.7. The van der Waals surface area contributed by atoms with Crippen LogP contribution in [0, 0.1) is 11.3 Å². The van der Waals surface area contributed by atoms with Crippen molar-refractivity contribution < 1.29 is 92.3 Å². The van der Waals surface area contributed by atoms with Gasteiger partial charge in [-0.3, -0.25) is 77.3 Å². The zero-order valence-corrected chi connectivity index (χ0v) is 56.7. The Bertz CT molecular complexity index is 3440. The molecule has 1 aliphatic heterocycles. The molecule has 101 heavy (non-hydrogen) atoms. The number of primary amides is 2. The number of aromatic hydroxyl groups is 2. The Kier molecular flexibility index (Phi) is 33.2. The number of carbonyl (C=O) groups is 15. The average molecular weight is 1440 g/mol. The maximum atomic E-state index is 14.6. The molecule has 4 rings (SSSR count). The van der Waals surface area contributed by atoms with Gasteiger partial charge in [0.25, 0.3) is 0 Å². The number of nitrogens with one attached hydrogen (secondary N) is 14. The number of aromatic nitrogens is 2. The Balaban J connectivity index is 1.47. The fourth-order valence-electron chi connectivity index (χ4n) is 10.3. The standard InChI is InChI=1S/C62H89N19O19S/c1-30(2)19-39(72-32(4)83)55(94)76-40(20-33-9-13-36(84)14-10-33)56(95)74-38(7-5-17-68-62(65)66)54(93)71-31(3)52(91)75-42(23-48(63)86)53(92)69-26-49(87)73-43(24-50(88)89)58(97)78-44(22-35-25-67-29-70-35)61(100)81-18-6-8-47(81)60(99)80-46(28-101)59(98)77-41(21-34-11-15-37(85)16-12-34)57(96)79-45(27-82)51(64)90/h9-16,25,29-31,38-47,82,84-85,101H,5-8,17-24,26-28H2,1-4H3,(H2,63,86)(H2,64,90)(H,67,70)(H,69,92)(H,71,93)(H,72,83)(H,73,87)(H,74,95)(H,75,91)(H,76,94)(H,77,98)(H,78,97)(H,79,96)(H,80,99)(H,88,89)(H4,65,66,68)/t31-,38-,39-,40-,41-,42-,43-,44-,45-,46-,47-/m0/s1. The molecule has 14 amide bonds. The van der Waals surface area contributed by atoms with Crippen LogP contribution in [0.2, 0.25) is 0 Å². The zero-order valence-electron chi connectivity index (χ0n) is 55.8. The van der Waals surface area contributed by atoms with E-state index in [4.69, 9.17) is 22.6 Å². The van der Waals surface area contributed by atoms with Gasteiger partial charge in [-0.2, -0.15) is 12.6 Å². The molecule has 11 atom stereocenters. The number of guanidine groups is 1. The number of benzene rings is 2. The van der Waals surface area contributed by atoms with Gasteiger partial charge in [0.05, 0.1) is 38.0 Å². The van der Waals surface area contributed by atoms with E-state index in [-0.39, 0.29) is 93.3 Å². The highest BCUT2D eigenvalue weighted by Crippen LogP contribution is 2.21. The largest absolute Gasteiger partial charge is 0.508 e. The quantitative estimate of drug-likeness (QED) is 0.0109. The number of rotatable bonds is 41. The molecule has 0 spiro atoms. The number of aliphatic carboxylic acids is 1. The average Bonchev–Trinajstić information content (AvgIpc) is 1.77. The van der Waals surface area contributed by atoms with Crippen LogP contribution < -0.4 is 81.0 Å². The molecule has 2 aromatic carbocycles. The number of aliphatic hydroxyl groups is 1. The summed E-state index contributed by atoms with van der Waals surface area (Å²) in [7, 11) is 0. The van der Waals surface area contributed by atoms with Crippen LogP contribution in [-0.4, -0.2) is 228 Å². The van der Waals surface area contributed by atoms with Crippen LogP contribution in [0.5, 0.6) is 11.5 Å². The lowest BCUT2D eigenvalue weighted by atomic mass is 10.0. The number of hydrogen-bond acceptors (Lipinski definition) is 21. The predicted molar refractivity (Wildman–Crippen MR) is 359 cm³/mol. The smallest absolute Gasteiger partial charge is 0.305 e. The number of nitrogens with zero attached hydrogens (tertiary/aromatic N) is 2. The molecular formula is C62H89N19O19S. The van der Waals surface area contributed by atoms with Gasteiger partial charge in [-0.15, -0.1) is 0 Å². The first kappa shape index (κ1) is 82.3. The lowest BCUT2D eigenvalue weighted by Gasteiger charge is -2.30. The van der Waals surface area contributed by atoms with Gasteiger partial charge in [0.1, 0.15) is 78.0 Å². The number of nitrogens with two attached hydrogens (primary N) is 3. The number of carboxylic acids is 1. The SMILES string of the molecule is CC(=O)N[C@@H](CC(C)C)C(=O)N[C@@H](Cc1ccc(O)cc1)C(=O)N[C@@H](CCCNC(=N)N)C(=O)N[C@@H](C)C(=O)N[C@@H](CC(N)=O)C(=O)NCC(=O)N[C@@H](CC(=O)O)C(=O)N[C@@H](Cc1c[nH]cn1)C(=O)N1CCC[C@H]1C(=O)N[C@@H](CS)C(=O)N[C@@H](Cc1ccc(O)cc1)C(=O)N[C@@H](CO)C(N)=O. The van der Waals surface area contributed by atoms with Crippen LogP contribution in [0.4, 0.5) is 0 Å². The highest BCUT2D eigenvalue weighted by molar-refractivity contribution is 7.80. The summed E-state index contributed by atoms with van der Waals surface area (Å²) in [6.45, 7) is 4.03. The Morgan fingerprint density at radius 3 is 1.63 bits per heavy atom. The maximum absolute atomic E-state index is 14.6. The second-order valence-corrected chi connectivity index (χ2v) is 24.5. The van der Waals surface area contributed by atoms with Crippen LogP contribution in [0.15, 0.2) is 61.1 Å². The maximum Gasteiger partial charge on any atom is 0.305 e. The van der Waals surface area contributed by atoms with E-state index in [0.29, 0.717) is 11.1 Å². The third kappa shape index (κ3) is 28.3. The van der Waals surface area contributed by atoms with Crippen molar-refractivity contribution in [1.82, 2.24) is 78.7 Å². The van der Waals surface area contributed by atoms with E-state index in [1.807, 2.05) is 13.8 Å². The van der Waals surface area contributed by atoms with E-state index in [1.165, 1.54) is 74.9 Å². The van der Waals surface area contributed by atoms with Crippen molar-refractivity contribution in [3.63, 3.8) is 0 Å². The van der Waals surface area contributed by atoms with Crippen LogP contribution >= 0.6 is 12.6 Å². The zero-order chi connectivity index (χ0) is 75.2. The minimum absolute atomic E-state index is 0.0241. The summed E-state index contributed by atoms with van der Waals surface area (Å²) in [4.78, 5) is 209.